The summed E-state index contributed by atoms with van der Waals surface area (Å²) in [4.78, 5) is 3.71. The van der Waals surface area contributed by atoms with E-state index in [1.54, 1.807) is 0 Å². The van der Waals surface area contributed by atoms with Gasteiger partial charge in [0, 0.05) is 17.8 Å². The fourth-order valence-corrected chi connectivity index (χ4v) is 2.10. The van der Waals surface area contributed by atoms with Gasteiger partial charge in [0.2, 0.25) is 10.0 Å². The van der Waals surface area contributed by atoms with Crippen molar-refractivity contribution in [3.8, 4) is 17.2 Å². The van der Waals surface area contributed by atoms with E-state index in [2.05, 4.69) is 4.99 Å². The second-order valence-electron chi connectivity index (χ2n) is 4.20. The minimum Gasteiger partial charge on any atom is -0.508 e. The van der Waals surface area contributed by atoms with Crippen molar-refractivity contribution in [3.05, 3.63) is 42.0 Å². The van der Waals surface area contributed by atoms with Crippen LogP contribution in [-0.4, -0.2) is 30.0 Å². The molecule has 0 bridgehead atoms. The molecule has 0 spiro atoms. The van der Waals surface area contributed by atoms with Crippen LogP contribution in [0.2, 0.25) is 0 Å². The molecular weight excluding hydrogens is 296 g/mol. The van der Waals surface area contributed by atoms with Gasteiger partial charge in [-0.25, -0.2) is 13.6 Å². The first kappa shape index (κ1) is 14.8. The van der Waals surface area contributed by atoms with Crippen molar-refractivity contribution in [1.29, 1.82) is 0 Å². The zero-order valence-electron chi connectivity index (χ0n) is 10.6. The molecule has 8 heteroatoms. The first-order chi connectivity index (χ1) is 9.77. The first-order valence-corrected chi connectivity index (χ1v) is 7.24. The van der Waals surface area contributed by atoms with Gasteiger partial charge in [-0.3, -0.25) is 4.99 Å². The van der Waals surface area contributed by atoms with Crippen molar-refractivity contribution >= 4 is 21.9 Å². The average molecular weight is 308 g/mol. The lowest BCUT2D eigenvalue weighted by molar-refractivity contribution is 0.450. The van der Waals surface area contributed by atoms with E-state index < -0.39 is 10.0 Å². The van der Waals surface area contributed by atoms with Gasteiger partial charge in [-0.05, 0) is 30.3 Å². The summed E-state index contributed by atoms with van der Waals surface area (Å²) in [6.45, 7) is 0. The van der Waals surface area contributed by atoms with Crippen LogP contribution in [0.15, 0.2) is 46.3 Å². The van der Waals surface area contributed by atoms with E-state index in [4.69, 9.17) is 10.2 Å². The summed E-state index contributed by atoms with van der Waals surface area (Å²) in [5, 5.41) is 33.4. The lowest BCUT2D eigenvalue weighted by Gasteiger charge is -2.03. The largest absolute Gasteiger partial charge is 0.508 e. The lowest BCUT2D eigenvalue weighted by Crippen LogP contribution is -2.11. The van der Waals surface area contributed by atoms with Gasteiger partial charge in [0.1, 0.15) is 22.9 Å². The molecule has 0 saturated heterocycles. The Balaban J connectivity index is 2.41. The molecule has 2 rings (SSSR count). The number of hydrogen-bond donors (Lipinski definition) is 4. The Morgan fingerprint density at radius 3 is 2.33 bits per heavy atom. The normalized spacial score (nSPS) is 11.9. The van der Waals surface area contributed by atoms with Crippen molar-refractivity contribution in [3.63, 3.8) is 0 Å². The number of sulfonamides is 1. The maximum atomic E-state index is 11.2. The van der Waals surface area contributed by atoms with Gasteiger partial charge in [0.25, 0.3) is 0 Å². The van der Waals surface area contributed by atoms with Crippen LogP contribution >= 0.6 is 0 Å². The molecule has 0 amide bonds. The van der Waals surface area contributed by atoms with Gasteiger partial charge in [-0.1, -0.05) is 0 Å². The predicted octanol–water partition coefficient (Wildman–Crippen LogP) is 1.20. The standard InChI is InChI=1S/C13H12N2O5S/c14-21(19,20)10-3-4-12(17)11(6-10)15-7-8-1-2-9(16)5-13(8)18/h1-7,16-18H,(H2,14,19,20). The van der Waals surface area contributed by atoms with Gasteiger partial charge in [0.15, 0.2) is 0 Å². The molecule has 110 valence electrons. The fourth-order valence-electron chi connectivity index (χ4n) is 1.56. The Hall–Kier alpha value is -2.58. The predicted molar refractivity (Wildman–Crippen MR) is 76.5 cm³/mol. The number of nitrogens with two attached hydrogens (primary N) is 1. The van der Waals surface area contributed by atoms with Gasteiger partial charge in [-0.2, -0.15) is 0 Å². The van der Waals surface area contributed by atoms with E-state index in [1.807, 2.05) is 0 Å². The van der Waals surface area contributed by atoms with Crippen molar-refractivity contribution in [2.75, 3.05) is 0 Å². The highest BCUT2D eigenvalue weighted by molar-refractivity contribution is 7.89. The van der Waals surface area contributed by atoms with Crippen LogP contribution in [0.1, 0.15) is 5.56 Å². The third kappa shape index (κ3) is 3.50. The van der Waals surface area contributed by atoms with Crippen LogP contribution in [0.5, 0.6) is 17.2 Å². The summed E-state index contributed by atoms with van der Waals surface area (Å²) in [5.41, 5.74) is 0.266. The van der Waals surface area contributed by atoms with E-state index in [-0.39, 0.29) is 33.4 Å². The third-order valence-corrected chi connectivity index (χ3v) is 3.54. The van der Waals surface area contributed by atoms with Crippen molar-refractivity contribution < 1.29 is 23.7 Å². The Morgan fingerprint density at radius 1 is 1.00 bits per heavy atom. The van der Waals surface area contributed by atoms with Crippen LogP contribution in [0, 0.1) is 0 Å². The molecule has 0 saturated carbocycles. The van der Waals surface area contributed by atoms with E-state index in [0.717, 1.165) is 24.3 Å². The Morgan fingerprint density at radius 2 is 1.71 bits per heavy atom. The Labute approximate surface area is 120 Å². The van der Waals surface area contributed by atoms with Crippen LogP contribution < -0.4 is 5.14 Å². The topological polar surface area (TPSA) is 133 Å². The van der Waals surface area contributed by atoms with Gasteiger partial charge in [-0.15, -0.1) is 0 Å². The van der Waals surface area contributed by atoms with Gasteiger partial charge < -0.3 is 15.3 Å². The number of primary sulfonamides is 1. The number of rotatable bonds is 3. The zero-order chi connectivity index (χ0) is 15.6. The number of aromatic hydroxyl groups is 3. The van der Waals surface area contributed by atoms with Crippen LogP contribution in [0.4, 0.5) is 5.69 Å². The molecular formula is C13H12N2O5S. The van der Waals surface area contributed by atoms with Crippen molar-refractivity contribution in [1.82, 2.24) is 0 Å². The quantitative estimate of drug-likeness (QED) is 0.632. The zero-order valence-corrected chi connectivity index (χ0v) is 11.4. The molecule has 2 aromatic rings. The monoisotopic (exact) mass is 308 g/mol. The molecule has 0 fully saturated rings. The second-order valence-corrected chi connectivity index (χ2v) is 5.76. The van der Waals surface area contributed by atoms with E-state index in [0.29, 0.717) is 0 Å². The molecule has 2 aromatic carbocycles. The van der Waals surface area contributed by atoms with E-state index in [1.165, 1.54) is 18.3 Å². The number of aliphatic imine (C=N–C) groups is 1. The summed E-state index contributed by atoms with van der Waals surface area (Å²) in [7, 11) is -3.91. The molecule has 0 heterocycles. The summed E-state index contributed by atoms with van der Waals surface area (Å²) >= 11 is 0. The molecule has 0 aliphatic carbocycles. The molecule has 0 unspecified atom stereocenters. The van der Waals surface area contributed by atoms with Crippen LogP contribution in [-0.2, 0) is 10.0 Å². The highest BCUT2D eigenvalue weighted by Crippen LogP contribution is 2.29. The summed E-state index contributed by atoms with van der Waals surface area (Å²) in [6.07, 6.45) is 1.22. The summed E-state index contributed by atoms with van der Waals surface area (Å²) in [5.74, 6) is -0.554. The Kier molecular flexibility index (Phi) is 3.83. The molecule has 0 aliphatic rings. The molecule has 0 aromatic heterocycles. The molecule has 5 N–H and O–H groups in total. The highest BCUT2D eigenvalue weighted by atomic mass is 32.2. The summed E-state index contributed by atoms with van der Waals surface area (Å²) in [6, 6.07) is 7.31. The molecule has 0 aliphatic heterocycles. The summed E-state index contributed by atoms with van der Waals surface area (Å²) < 4.78 is 22.5. The van der Waals surface area contributed by atoms with Gasteiger partial charge >= 0.3 is 0 Å². The maximum absolute atomic E-state index is 11.2. The SMILES string of the molecule is NS(=O)(=O)c1ccc(O)c(N=Cc2ccc(O)cc2O)c1. The maximum Gasteiger partial charge on any atom is 0.238 e. The number of hydrogen-bond acceptors (Lipinski definition) is 6. The average Bonchev–Trinajstić information content (AvgIpc) is 2.38. The number of phenols is 3. The lowest BCUT2D eigenvalue weighted by atomic mass is 10.2. The first-order valence-electron chi connectivity index (χ1n) is 5.69. The van der Waals surface area contributed by atoms with Gasteiger partial charge in [0.05, 0.1) is 4.90 Å². The molecule has 0 radical (unpaired) electrons. The highest BCUT2D eigenvalue weighted by Gasteiger charge is 2.10. The molecule has 0 atom stereocenters. The number of benzene rings is 2. The third-order valence-electron chi connectivity index (χ3n) is 2.63. The molecule has 7 nitrogen and oxygen atoms in total. The Bertz CT molecular complexity index is 815. The fraction of sp³-hybridized carbons (Fsp3) is 0. The van der Waals surface area contributed by atoms with Crippen molar-refractivity contribution in [2.24, 2.45) is 10.1 Å². The van der Waals surface area contributed by atoms with Crippen molar-refractivity contribution in [2.45, 2.75) is 4.90 Å². The van der Waals surface area contributed by atoms with Crippen LogP contribution in [0.25, 0.3) is 0 Å². The number of nitrogens with zero attached hydrogens (tertiary/aromatic N) is 1. The second kappa shape index (κ2) is 5.43. The van der Waals surface area contributed by atoms with E-state index in [9.17, 15) is 18.6 Å². The number of phenolic OH excluding ortho intramolecular Hbond substituents is 3. The minimum absolute atomic E-state index is 0.0194. The van der Waals surface area contributed by atoms with E-state index >= 15 is 0 Å². The van der Waals surface area contributed by atoms with Crippen LogP contribution in [0.3, 0.4) is 0 Å². The minimum atomic E-state index is -3.91. The smallest absolute Gasteiger partial charge is 0.238 e. The molecule has 21 heavy (non-hydrogen) atoms.